The fraction of sp³-hybridized carbons (Fsp3) is 0.500. The number of hydrogen-bond acceptors (Lipinski definition) is 6. The van der Waals surface area contributed by atoms with Gasteiger partial charge < -0.3 is 19.5 Å². The van der Waals surface area contributed by atoms with Gasteiger partial charge in [-0.05, 0) is 12.1 Å². The van der Waals surface area contributed by atoms with Crippen molar-refractivity contribution in [3.05, 3.63) is 30.2 Å². The highest BCUT2D eigenvalue weighted by Crippen LogP contribution is 2.16. The number of aromatic nitrogens is 1. The van der Waals surface area contributed by atoms with Crippen molar-refractivity contribution in [2.24, 2.45) is 0 Å². The number of fused-ring (bicyclic) bond motifs is 1. The van der Waals surface area contributed by atoms with Crippen molar-refractivity contribution in [3.63, 3.8) is 0 Å². The van der Waals surface area contributed by atoms with Gasteiger partial charge in [-0.25, -0.2) is 4.98 Å². The molecule has 3 rings (SSSR count). The lowest BCUT2D eigenvalue weighted by molar-refractivity contribution is -0.131. The second kappa shape index (κ2) is 7.08. The first-order valence-corrected chi connectivity index (χ1v) is 7.79. The van der Waals surface area contributed by atoms with E-state index in [-0.39, 0.29) is 18.9 Å². The maximum absolute atomic E-state index is 12.5. The largest absolute Gasteiger partial charge is 0.440 e. The molecule has 2 heterocycles. The summed E-state index contributed by atoms with van der Waals surface area (Å²) in [6.07, 6.45) is -0.530. The molecule has 1 atom stereocenters. The smallest absolute Gasteiger partial charge is 0.232 e. The molecule has 0 bridgehead atoms. The second-order valence-electron chi connectivity index (χ2n) is 5.77. The minimum atomic E-state index is -0.614. The number of β-amino-alcohol motifs (C(OH)–C–C–N with tert-alkyl or cyclic N) is 2. The number of aliphatic hydroxyl groups excluding tert-OH is 2. The molecule has 124 valence electrons. The summed E-state index contributed by atoms with van der Waals surface area (Å²) in [5, 5.41) is 19.0. The molecule has 1 aliphatic heterocycles. The molecule has 0 radical (unpaired) electrons. The molecule has 1 aromatic heterocycles. The van der Waals surface area contributed by atoms with Crippen LogP contribution < -0.4 is 0 Å². The summed E-state index contributed by atoms with van der Waals surface area (Å²) in [5.41, 5.74) is 1.40. The number of oxazole rings is 1. The maximum Gasteiger partial charge on any atom is 0.232 e. The van der Waals surface area contributed by atoms with Crippen LogP contribution in [0.4, 0.5) is 0 Å². The topological polar surface area (TPSA) is 90.0 Å². The monoisotopic (exact) mass is 319 g/mol. The van der Waals surface area contributed by atoms with Crippen LogP contribution in [0.5, 0.6) is 0 Å². The van der Waals surface area contributed by atoms with Crippen LogP contribution in [-0.4, -0.2) is 76.3 Å². The van der Waals surface area contributed by atoms with Crippen LogP contribution in [0.25, 0.3) is 11.1 Å². The normalized spacial score (nSPS) is 19.9. The van der Waals surface area contributed by atoms with Gasteiger partial charge >= 0.3 is 0 Å². The van der Waals surface area contributed by atoms with Crippen LogP contribution in [0.15, 0.2) is 28.7 Å². The number of rotatable bonds is 4. The molecule has 7 nitrogen and oxygen atoms in total. The molecule has 0 saturated carbocycles. The molecule has 1 aliphatic rings. The number of para-hydroxylation sites is 2. The van der Waals surface area contributed by atoms with E-state index >= 15 is 0 Å². The summed E-state index contributed by atoms with van der Waals surface area (Å²) in [6, 6.07) is 7.39. The van der Waals surface area contributed by atoms with Crippen LogP contribution in [0.2, 0.25) is 0 Å². The van der Waals surface area contributed by atoms with Gasteiger partial charge in [0.25, 0.3) is 0 Å². The van der Waals surface area contributed by atoms with Gasteiger partial charge in [0, 0.05) is 32.7 Å². The standard InChI is InChI=1S/C16H21N3O4/c20-8-7-18-5-6-19(11-12(21)10-18)16(22)9-15-17-13-3-1-2-4-14(13)23-15/h1-4,12,20-21H,5-11H2. The van der Waals surface area contributed by atoms with Gasteiger partial charge in [-0.3, -0.25) is 9.69 Å². The predicted octanol–water partition coefficient (Wildman–Crippen LogP) is -0.132. The summed E-state index contributed by atoms with van der Waals surface area (Å²) < 4.78 is 5.58. The van der Waals surface area contributed by atoms with Gasteiger partial charge in [-0.2, -0.15) is 0 Å². The van der Waals surface area contributed by atoms with Crippen LogP contribution in [-0.2, 0) is 11.2 Å². The molecule has 23 heavy (non-hydrogen) atoms. The predicted molar refractivity (Wildman–Crippen MR) is 83.8 cm³/mol. The van der Waals surface area contributed by atoms with Gasteiger partial charge in [-0.1, -0.05) is 12.1 Å². The minimum absolute atomic E-state index is 0.0452. The maximum atomic E-state index is 12.5. The molecule has 1 saturated heterocycles. The minimum Gasteiger partial charge on any atom is -0.440 e. The summed E-state index contributed by atoms with van der Waals surface area (Å²) in [6.45, 7) is 2.47. The molecule has 1 unspecified atom stereocenters. The Balaban J connectivity index is 1.65. The first-order chi connectivity index (χ1) is 11.2. The van der Waals surface area contributed by atoms with Crippen LogP contribution in [0.1, 0.15) is 5.89 Å². The molecular formula is C16H21N3O4. The van der Waals surface area contributed by atoms with E-state index in [0.29, 0.717) is 44.2 Å². The number of nitrogens with zero attached hydrogens (tertiary/aromatic N) is 3. The van der Waals surface area contributed by atoms with Crippen LogP contribution >= 0.6 is 0 Å². The van der Waals surface area contributed by atoms with Crippen LogP contribution in [0, 0.1) is 0 Å². The summed E-state index contributed by atoms with van der Waals surface area (Å²) in [7, 11) is 0. The van der Waals surface area contributed by atoms with E-state index in [0.717, 1.165) is 5.52 Å². The SMILES string of the molecule is O=C(Cc1nc2ccccc2o1)N1CCN(CCO)CC(O)C1. The molecule has 1 aromatic carbocycles. The Kier molecular flexibility index (Phi) is 4.90. The van der Waals surface area contributed by atoms with E-state index in [2.05, 4.69) is 4.98 Å². The molecule has 0 spiro atoms. The van der Waals surface area contributed by atoms with E-state index in [1.165, 1.54) is 0 Å². The molecule has 0 aliphatic carbocycles. The zero-order valence-electron chi connectivity index (χ0n) is 12.9. The van der Waals surface area contributed by atoms with Crippen molar-refractivity contribution < 1.29 is 19.4 Å². The zero-order valence-corrected chi connectivity index (χ0v) is 12.9. The van der Waals surface area contributed by atoms with Crippen molar-refractivity contribution in [1.82, 2.24) is 14.8 Å². The lowest BCUT2D eigenvalue weighted by Gasteiger charge is -2.21. The number of aliphatic hydroxyl groups is 2. The highest BCUT2D eigenvalue weighted by molar-refractivity contribution is 5.79. The van der Waals surface area contributed by atoms with Crippen molar-refractivity contribution in [2.75, 3.05) is 39.3 Å². The lowest BCUT2D eigenvalue weighted by atomic mass is 10.3. The van der Waals surface area contributed by atoms with Crippen LogP contribution in [0.3, 0.4) is 0 Å². The molecule has 2 aromatic rings. The second-order valence-corrected chi connectivity index (χ2v) is 5.77. The zero-order chi connectivity index (χ0) is 16.2. The van der Waals surface area contributed by atoms with Crippen molar-refractivity contribution in [1.29, 1.82) is 0 Å². The molecule has 7 heteroatoms. The Labute approximate surface area is 134 Å². The van der Waals surface area contributed by atoms with E-state index < -0.39 is 6.10 Å². The fourth-order valence-electron chi connectivity index (χ4n) is 2.86. The Morgan fingerprint density at radius 1 is 1.30 bits per heavy atom. The average Bonchev–Trinajstić information content (AvgIpc) is 2.83. The van der Waals surface area contributed by atoms with Gasteiger partial charge in [0.1, 0.15) is 11.9 Å². The van der Waals surface area contributed by atoms with Crippen molar-refractivity contribution in [3.8, 4) is 0 Å². The van der Waals surface area contributed by atoms with Gasteiger partial charge in [0.05, 0.1) is 12.7 Å². The van der Waals surface area contributed by atoms with Gasteiger partial charge in [-0.15, -0.1) is 0 Å². The fourth-order valence-corrected chi connectivity index (χ4v) is 2.86. The lowest BCUT2D eigenvalue weighted by Crippen LogP contribution is -2.38. The van der Waals surface area contributed by atoms with E-state index in [9.17, 15) is 9.90 Å². The Hall–Kier alpha value is -1.96. The van der Waals surface area contributed by atoms with E-state index in [1.54, 1.807) is 4.90 Å². The van der Waals surface area contributed by atoms with Crippen molar-refractivity contribution in [2.45, 2.75) is 12.5 Å². The van der Waals surface area contributed by atoms with Crippen molar-refractivity contribution >= 4 is 17.0 Å². The highest BCUT2D eigenvalue weighted by atomic mass is 16.3. The number of amides is 1. The molecule has 1 amide bonds. The third-order valence-corrected chi connectivity index (χ3v) is 4.00. The summed E-state index contributed by atoms with van der Waals surface area (Å²) in [4.78, 5) is 20.4. The first kappa shape index (κ1) is 15.9. The highest BCUT2D eigenvalue weighted by Gasteiger charge is 2.25. The molecule has 1 fully saturated rings. The Morgan fingerprint density at radius 3 is 2.91 bits per heavy atom. The number of carbonyl (C=O) groups is 1. The Morgan fingerprint density at radius 2 is 2.13 bits per heavy atom. The summed E-state index contributed by atoms with van der Waals surface area (Å²) in [5.74, 6) is 0.281. The van der Waals surface area contributed by atoms with E-state index in [4.69, 9.17) is 9.52 Å². The number of carbonyl (C=O) groups excluding carboxylic acids is 1. The first-order valence-electron chi connectivity index (χ1n) is 7.79. The van der Waals surface area contributed by atoms with Gasteiger partial charge in [0.15, 0.2) is 5.58 Å². The van der Waals surface area contributed by atoms with E-state index in [1.807, 2.05) is 29.2 Å². The average molecular weight is 319 g/mol. The molecular weight excluding hydrogens is 298 g/mol. The third kappa shape index (κ3) is 3.87. The number of hydrogen-bond donors (Lipinski definition) is 2. The number of benzene rings is 1. The summed E-state index contributed by atoms with van der Waals surface area (Å²) >= 11 is 0. The Bertz CT molecular complexity index is 639. The molecule has 2 N–H and O–H groups in total. The third-order valence-electron chi connectivity index (χ3n) is 4.00. The quantitative estimate of drug-likeness (QED) is 0.816. The van der Waals surface area contributed by atoms with Gasteiger partial charge in [0.2, 0.25) is 11.8 Å².